The van der Waals surface area contributed by atoms with Gasteiger partial charge in [0.1, 0.15) is 0 Å². The molecular weight excluding hydrogens is 182 g/mol. The van der Waals surface area contributed by atoms with Crippen molar-refractivity contribution in [3.05, 3.63) is 35.9 Å². The molecule has 4 N–H and O–H groups in total. The molecule has 72 valence electrons. The third-order valence-electron chi connectivity index (χ3n) is 1.75. The van der Waals surface area contributed by atoms with Gasteiger partial charge in [-0.15, -0.1) is 10.2 Å². The first-order chi connectivity index (χ1) is 6.90. The van der Waals surface area contributed by atoms with E-state index in [1.807, 2.05) is 30.3 Å². The molecular formula is C8H10N6. The van der Waals surface area contributed by atoms with E-state index in [1.165, 1.54) is 0 Å². The fourth-order valence-electron chi connectivity index (χ4n) is 1.06. The molecule has 0 saturated carbocycles. The summed E-state index contributed by atoms with van der Waals surface area (Å²) < 4.78 is 0. The van der Waals surface area contributed by atoms with Crippen LogP contribution in [0.5, 0.6) is 0 Å². The zero-order valence-electron chi connectivity index (χ0n) is 7.38. The van der Waals surface area contributed by atoms with Gasteiger partial charge in [0, 0.05) is 5.56 Å². The van der Waals surface area contributed by atoms with Crippen molar-refractivity contribution >= 4 is 5.84 Å². The van der Waals surface area contributed by atoms with Crippen LogP contribution in [0.15, 0.2) is 45.7 Å². The van der Waals surface area contributed by atoms with E-state index in [1.54, 1.807) is 0 Å². The summed E-state index contributed by atoms with van der Waals surface area (Å²) in [6.07, 6.45) is -0.442. The minimum Gasteiger partial charge on any atom is -0.268 e. The van der Waals surface area contributed by atoms with Gasteiger partial charge in [-0.25, -0.2) is 5.43 Å². The third kappa shape index (κ3) is 1.76. The van der Waals surface area contributed by atoms with Gasteiger partial charge < -0.3 is 0 Å². The van der Waals surface area contributed by atoms with E-state index in [4.69, 9.17) is 5.84 Å². The molecule has 0 saturated heterocycles. The molecule has 2 rings (SSSR count). The topological polar surface area (TPSA) is 87.2 Å². The largest absolute Gasteiger partial charge is 0.268 e. The van der Waals surface area contributed by atoms with Gasteiger partial charge in [-0.2, -0.15) is 5.10 Å². The van der Waals surface area contributed by atoms with E-state index in [0.717, 1.165) is 5.56 Å². The van der Waals surface area contributed by atoms with Crippen molar-refractivity contribution in [3.63, 3.8) is 0 Å². The van der Waals surface area contributed by atoms with Gasteiger partial charge in [0.25, 0.3) is 0 Å². The second-order valence-corrected chi connectivity index (χ2v) is 2.72. The predicted molar refractivity (Wildman–Crippen MR) is 52.1 cm³/mol. The van der Waals surface area contributed by atoms with Crippen molar-refractivity contribution in [1.29, 1.82) is 0 Å². The Labute approximate surface area is 80.9 Å². The normalized spacial score (nSPS) is 20.1. The Bertz CT molecular complexity index is 357. The molecule has 6 nitrogen and oxygen atoms in total. The maximum absolute atomic E-state index is 5.15. The van der Waals surface area contributed by atoms with Crippen molar-refractivity contribution in [3.8, 4) is 0 Å². The van der Waals surface area contributed by atoms with Gasteiger partial charge in [0.2, 0.25) is 12.1 Å². The molecule has 0 amide bonds. The first-order valence-electron chi connectivity index (χ1n) is 4.16. The fourth-order valence-corrected chi connectivity index (χ4v) is 1.06. The highest BCUT2D eigenvalue weighted by Crippen LogP contribution is 2.05. The fraction of sp³-hybridized carbons (Fsp3) is 0.125. The Morgan fingerprint density at radius 1 is 1.29 bits per heavy atom. The third-order valence-corrected chi connectivity index (χ3v) is 1.75. The van der Waals surface area contributed by atoms with Crippen LogP contribution in [-0.2, 0) is 0 Å². The van der Waals surface area contributed by atoms with Gasteiger partial charge in [0.15, 0.2) is 0 Å². The van der Waals surface area contributed by atoms with Gasteiger partial charge in [-0.05, 0) is 0 Å². The molecule has 1 atom stereocenters. The summed E-state index contributed by atoms with van der Waals surface area (Å²) in [4.78, 5) is 0. The molecule has 14 heavy (non-hydrogen) atoms. The van der Waals surface area contributed by atoms with Crippen LogP contribution < -0.4 is 16.7 Å². The number of azo groups is 1. The van der Waals surface area contributed by atoms with Crippen molar-refractivity contribution in [2.75, 3.05) is 0 Å². The van der Waals surface area contributed by atoms with Crippen LogP contribution in [0.3, 0.4) is 0 Å². The molecule has 1 aromatic carbocycles. The summed E-state index contributed by atoms with van der Waals surface area (Å²) in [5.74, 6) is 5.70. The Morgan fingerprint density at radius 3 is 2.64 bits per heavy atom. The van der Waals surface area contributed by atoms with Crippen molar-refractivity contribution in [1.82, 2.24) is 10.9 Å². The van der Waals surface area contributed by atoms with E-state index >= 15 is 0 Å². The number of hydrazone groups is 1. The zero-order valence-corrected chi connectivity index (χ0v) is 7.38. The lowest BCUT2D eigenvalue weighted by Crippen LogP contribution is -2.44. The number of benzene rings is 1. The lowest BCUT2D eigenvalue weighted by Gasteiger charge is -2.13. The van der Waals surface area contributed by atoms with Crippen LogP contribution >= 0.6 is 0 Å². The number of hydrogen-bond acceptors (Lipinski definition) is 6. The van der Waals surface area contributed by atoms with Crippen LogP contribution in [0.1, 0.15) is 5.56 Å². The minimum absolute atomic E-state index is 0.442. The van der Waals surface area contributed by atoms with E-state index in [9.17, 15) is 0 Å². The van der Waals surface area contributed by atoms with Crippen molar-refractivity contribution in [2.45, 2.75) is 6.29 Å². The Kier molecular flexibility index (Phi) is 2.48. The summed E-state index contributed by atoms with van der Waals surface area (Å²) in [5, 5.41) is 11.8. The van der Waals surface area contributed by atoms with Crippen LogP contribution in [0, 0.1) is 0 Å². The van der Waals surface area contributed by atoms with Crippen molar-refractivity contribution in [2.24, 2.45) is 21.2 Å². The second kappa shape index (κ2) is 3.95. The van der Waals surface area contributed by atoms with Gasteiger partial charge >= 0.3 is 0 Å². The predicted octanol–water partition coefficient (Wildman–Crippen LogP) is 0.150. The van der Waals surface area contributed by atoms with E-state index in [0.29, 0.717) is 5.84 Å². The standard InChI is InChI=1S/C8H10N6/c9-10-8-13-11-7(12-14-8)6-4-2-1-3-5-6/h1-5,8,10,13H,9H2/i9+1,10+1. The van der Waals surface area contributed by atoms with E-state index < -0.39 is 6.29 Å². The average Bonchev–Trinajstić information content (AvgIpc) is 2.30. The van der Waals surface area contributed by atoms with E-state index in [2.05, 4.69) is 26.2 Å². The molecule has 1 aliphatic heterocycles. The van der Waals surface area contributed by atoms with Crippen LogP contribution in [-0.4, -0.2) is 12.1 Å². The molecule has 0 aliphatic carbocycles. The molecule has 0 aromatic heterocycles. The summed E-state index contributed by atoms with van der Waals surface area (Å²) in [6, 6.07) is 9.59. The van der Waals surface area contributed by atoms with Gasteiger partial charge in [-0.1, -0.05) is 30.3 Å². The Hall–Kier alpha value is -1.79. The Balaban J connectivity index is 2.16. The summed E-state index contributed by atoms with van der Waals surface area (Å²) in [7, 11) is 0. The highest BCUT2D eigenvalue weighted by atomic mass is 16.2. The molecule has 0 bridgehead atoms. The molecule has 1 unspecified atom stereocenters. The lowest BCUT2D eigenvalue weighted by atomic mass is 10.2. The zero-order chi connectivity index (χ0) is 9.80. The highest BCUT2D eigenvalue weighted by Gasteiger charge is 2.10. The quantitative estimate of drug-likeness (QED) is 0.354. The molecule has 1 aromatic rings. The first kappa shape index (κ1) is 8.79. The number of hydrazine groups is 1. The number of nitrogens with one attached hydrogen (secondary N) is 2. The molecule has 0 spiro atoms. The second-order valence-electron chi connectivity index (χ2n) is 2.72. The van der Waals surface area contributed by atoms with Crippen LogP contribution in [0.2, 0.25) is 0 Å². The molecule has 6 heteroatoms. The monoisotopic (exact) mass is 192 g/mol. The SMILES string of the molecule is [15NH2][15NH]C1N=NC(c2ccccc2)=NN1. The number of nitrogens with zero attached hydrogens (tertiary/aromatic N) is 3. The van der Waals surface area contributed by atoms with Crippen molar-refractivity contribution < 1.29 is 0 Å². The molecule has 0 radical (unpaired) electrons. The Morgan fingerprint density at radius 2 is 2.07 bits per heavy atom. The van der Waals surface area contributed by atoms with Crippen LogP contribution in [0.4, 0.5) is 0 Å². The summed E-state index contributed by atoms with van der Waals surface area (Å²) in [6.45, 7) is 0. The lowest BCUT2D eigenvalue weighted by molar-refractivity contribution is 0.436. The average molecular weight is 192 g/mol. The molecule has 0 fully saturated rings. The van der Waals surface area contributed by atoms with Gasteiger partial charge in [0.05, 0.1) is 0 Å². The van der Waals surface area contributed by atoms with E-state index in [-0.39, 0.29) is 0 Å². The highest BCUT2D eigenvalue weighted by molar-refractivity contribution is 5.99. The number of rotatable bonds is 2. The minimum atomic E-state index is -0.442. The number of nitrogens with two attached hydrogens (primary N) is 1. The maximum atomic E-state index is 5.15. The maximum Gasteiger partial charge on any atom is 0.220 e. The first-order valence-corrected chi connectivity index (χ1v) is 4.16. The number of hydrogen-bond donors (Lipinski definition) is 3. The molecule has 1 heterocycles. The summed E-state index contributed by atoms with van der Waals surface area (Å²) in [5.41, 5.74) is 6.02. The van der Waals surface area contributed by atoms with Gasteiger partial charge in [-0.3, -0.25) is 11.3 Å². The smallest absolute Gasteiger partial charge is 0.220 e. The van der Waals surface area contributed by atoms with Crippen LogP contribution in [0.25, 0.3) is 0 Å². The number of amidine groups is 1. The molecule has 1 aliphatic rings. The summed E-state index contributed by atoms with van der Waals surface area (Å²) >= 11 is 0.